The molecule has 0 fully saturated rings. The third-order valence-electron chi connectivity index (χ3n) is 6.68. The van der Waals surface area contributed by atoms with Crippen molar-refractivity contribution in [1.29, 1.82) is 0 Å². The van der Waals surface area contributed by atoms with Crippen LogP contribution in [0.1, 0.15) is 57.6 Å². The van der Waals surface area contributed by atoms with E-state index >= 15 is 0 Å². The molecule has 1 amide bonds. The summed E-state index contributed by atoms with van der Waals surface area (Å²) in [6, 6.07) is 12.0. The maximum atomic E-state index is 13.5. The fraction of sp³-hybridized carbons (Fsp3) is 0.333. The Morgan fingerprint density at radius 2 is 1.93 bits per heavy atom. The molecule has 0 radical (unpaired) electrons. The molecule has 1 heterocycles. The molecule has 1 atom stereocenters. The van der Waals surface area contributed by atoms with Gasteiger partial charge in [-0.3, -0.25) is 9.59 Å². The lowest BCUT2D eigenvalue weighted by Crippen LogP contribution is -2.38. The average molecular weight is 585 g/mol. The lowest BCUT2D eigenvalue weighted by molar-refractivity contribution is -0.139. The molecule has 0 spiro atoms. The van der Waals surface area contributed by atoms with Crippen molar-refractivity contribution < 1.29 is 23.9 Å². The summed E-state index contributed by atoms with van der Waals surface area (Å²) in [5.41, 5.74) is 5.65. The number of hydrogen-bond acceptors (Lipinski definition) is 7. The third kappa shape index (κ3) is 6.57. The van der Waals surface area contributed by atoms with Gasteiger partial charge in [-0.15, -0.1) is 0 Å². The van der Waals surface area contributed by atoms with Crippen LogP contribution in [0.15, 0.2) is 70.1 Å². The lowest BCUT2D eigenvalue weighted by atomic mass is 9.68. The van der Waals surface area contributed by atoms with E-state index in [0.29, 0.717) is 56.6 Å². The van der Waals surface area contributed by atoms with Crippen LogP contribution in [0.4, 0.5) is 0 Å². The molecule has 8 nitrogen and oxygen atoms in total. The zero-order valence-electron chi connectivity index (χ0n) is 22.8. The maximum Gasteiger partial charge on any atom is 0.336 e. The number of benzene rings is 2. The number of ether oxygens (including phenoxy) is 2. The van der Waals surface area contributed by atoms with Gasteiger partial charge in [0.1, 0.15) is 5.75 Å². The summed E-state index contributed by atoms with van der Waals surface area (Å²) in [6.07, 6.45) is 2.40. The Balaban J connectivity index is 1.60. The highest BCUT2D eigenvalue weighted by Gasteiger charge is 2.44. The molecule has 2 aliphatic rings. The monoisotopic (exact) mass is 583 g/mol. The Bertz CT molecular complexity index is 1440. The molecule has 4 rings (SSSR count). The summed E-state index contributed by atoms with van der Waals surface area (Å²) in [6.45, 7) is 7.47. The summed E-state index contributed by atoms with van der Waals surface area (Å²) < 4.78 is 11.3. The van der Waals surface area contributed by atoms with Crippen molar-refractivity contribution in [3.63, 3.8) is 0 Å². The van der Waals surface area contributed by atoms with Gasteiger partial charge in [-0.1, -0.05) is 61.3 Å². The van der Waals surface area contributed by atoms with E-state index in [1.807, 2.05) is 13.8 Å². The molecule has 2 N–H and O–H groups in total. The Labute approximate surface area is 243 Å². The van der Waals surface area contributed by atoms with E-state index in [-0.39, 0.29) is 24.4 Å². The van der Waals surface area contributed by atoms with Gasteiger partial charge in [0, 0.05) is 39.5 Å². The van der Waals surface area contributed by atoms with Crippen LogP contribution in [0.5, 0.6) is 5.75 Å². The van der Waals surface area contributed by atoms with Crippen LogP contribution in [-0.2, 0) is 19.1 Å². The van der Waals surface area contributed by atoms with E-state index in [0.717, 1.165) is 5.70 Å². The van der Waals surface area contributed by atoms with Gasteiger partial charge < -0.3 is 14.8 Å². The summed E-state index contributed by atoms with van der Waals surface area (Å²) in [4.78, 5) is 39.2. The number of allylic oxidation sites excluding steroid dienone is 3. The number of amides is 1. The topological polar surface area (TPSA) is 106 Å². The van der Waals surface area contributed by atoms with E-state index in [4.69, 9.17) is 32.7 Å². The number of carbonyl (C=O) groups excluding carboxylic acids is 3. The molecule has 1 aliphatic heterocycles. The second kappa shape index (κ2) is 12.3. The number of hydrazone groups is 1. The molecule has 0 saturated carbocycles. The molecule has 0 aromatic heterocycles. The Morgan fingerprint density at radius 1 is 1.18 bits per heavy atom. The van der Waals surface area contributed by atoms with Gasteiger partial charge in [0.25, 0.3) is 5.91 Å². The zero-order chi connectivity index (χ0) is 29.0. The quantitative estimate of drug-likeness (QED) is 0.235. The van der Waals surface area contributed by atoms with Gasteiger partial charge in [0.05, 0.1) is 29.3 Å². The number of ketones is 1. The highest BCUT2D eigenvalue weighted by Crippen LogP contribution is 2.48. The molecule has 2 aromatic rings. The zero-order valence-corrected chi connectivity index (χ0v) is 24.3. The molecule has 0 saturated heterocycles. The maximum absolute atomic E-state index is 13.5. The normalized spacial score (nSPS) is 18.4. The number of halogens is 2. The van der Waals surface area contributed by atoms with E-state index in [1.165, 1.54) is 6.21 Å². The molecular weight excluding hydrogens is 553 g/mol. The van der Waals surface area contributed by atoms with Crippen molar-refractivity contribution in [2.45, 2.75) is 46.5 Å². The van der Waals surface area contributed by atoms with Gasteiger partial charge in [-0.2, -0.15) is 5.10 Å². The Morgan fingerprint density at radius 3 is 2.65 bits per heavy atom. The molecule has 10 heteroatoms. The molecule has 2 aromatic carbocycles. The number of dihydropyridines is 1. The minimum Gasteiger partial charge on any atom is -0.483 e. The van der Waals surface area contributed by atoms with E-state index in [9.17, 15) is 14.4 Å². The fourth-order valence-corrected chi connectivity index (χ4v) is 5.49. The van der Waals surface area contributed by atoms with Crippen LogP contribution in [0, 0.1) is 5.41 Å². The van der Waals surface area contributed by atoms with Crippen molar-refractivity contribution >= 4 is 47.1 Å². The first-order valence-corrected chi connectivity index (χ1v) is 13.7. The summed E-state index contributed by atoms with van der Waals surface area (Å²) in [7, 11) is 0. The predicted molar refractivity (Wildman–Crippen MR) is 154 cm³/mol. The number of nitrogens with zero attached hydrogens (tertiary/aromatic N) is 1. The molecule has 40 heavy (non-hydrogen) atoms. The number of Topliss-reactive ketones (excluding diaryl/α,β-unsaturated/α-hetero) is 1. The van der Waals surface area contributed by atoms with Gasteiger partial charge in [-0.05, 0) is 43.9 Å². The first-order valence-electron chi connectivity index (χ1n) is 12.9. The summed E-state index contributed by atoms with van der Waals surface area (Å²) in [5.74, 6) is -1.39. The van der Waals surface area contributed by atoms with Crippen LogP contribution < -0.4 is 15.5 Å². The second-order valence-electron chi connectivity index (χ2n) is 10.4. The summed E-state index contributed by atoms with van der Waals surface area (Å²) >= 11 is 12.0. The smallest absolute Gasteiger partial charge is 0.336 e. The van der Waals surface area contributed by atoms with Crippen LogP contribution in [0.2, 0.25) is 10.0 Å². The van der Waals surface area contributed by atoms with Crippen LogP contribution in [-0.4, -0.2) is 37.1 Å². The van der Waals surface area contributed by atoms with Gasteiger partial charge >= 0.3 is 5.97 Å². The Hall–Kier alpha value is -3.62. The predicted octanol–water partition coefficient (Wildman–Crippen LogP) is 5.69. The molecule has 1 aliphatic carbocycles. The highest BCUT2D eigenvalue weighted by molar-refractivity contribution is 6.36. The van der Waals surface area contributed by atoms with Crippen molar-refractivity contribution in [2.24, 2.45) is 10.5 Å². The van der Waals surface area contributed by atoms with E-state index in [1.54, 1.807) is 56.3 Å². The van der Waals surface area contributed by atoms with Crippen molar-refractivity contribution in [3.8, 4) is 5.75 Å². The third-order valence-corrected chi connectivity index (χ3v) is 7.24. The van der Waals surface area contributed by atoms with E-state index in [2.05, 4.69) is 15.8 Å². The second-order valence-corrected chi connectivity index (χ2v) is 11.3. The first kappa shape index (κ1) is 29.4. The van der Waals surface area contributed by atoms with Gasteiger partial charge in [0.15, 0.2) is 12.4 Å². The number of esters is 1. The van der Waals surface area contributed by atoms with E-state index < -0.39 is 17.8 Å². The molecular formula is C30H31Cl2N3O5. The fourth-order valence-electron chi connectivity index (χ4n) is 5.03. The largest absolute Gasteiger partial charge is 0.483 e. The average Bonchev–Trinajstić information content (AvgIpc) is 2.87. The number of hydrogen-bond donors (Lipinski definition) is 2. The van der Waals surface area contributed by atoms with Crippen LogP contribution in [0.3, 0.4) is 0 Å². The lowest BCUT2D eigenvalue weighted by Gasteiger charge is -2.39. The van der Waals surface area contributed by atoms with Gasteiger partial charge in [0.2, 0.25) is 0 Å². The first-order chi connectivity index (χ1) is 19.0. The Kier molecular flexibility index (Phi) is 9.01. The molecule has 0 bridgehead atoms. The van der Waals surface area contributed by atoms with Crippen molar-refractivity contribution in [3.05, 3.63) is 86.2 Å². The summed E-state index contributed by atoms with van der Waals surface area (Å²) in [5, 5.41) is 8.13. The van der Waals surface area contributed by atoms with Crippen molar-refractivity contribution in [1.82, 2.24) is 10.7 Å². The number of nitrogens with one attached hydrogen (secondary N) is 2. The standard InChI is InChI=1S/C30H31Cl2N3O5/c1-5-39-29(38)26-17(2)34-22-13-30(3,4)14-23(36)28(22)27(26)20-8-6-7-9-24(20)40-16-25(37)35-33-15-18-10-11-19(31)12-21(18)32/h6-12,15,27,34H,5,13-14,16H2,1-4H3,(H,35,37). The van der Waals surface area contributed by atoms with Crippen LogP contribution in [0.25, 0.3) is 0 Å². The number of para-hydroxylation sites is 1. The minimum atomic E-state index is -0.705. The number of rotatable bonds is 8. The van der Waals surface area contributed by atoms with Gasteiger partial charge in [-0.25, -0.2) is 10.2 Å². The highest BCUT2D eigenvalue weighted by atomic mass is 35.5. The number of carbonyl (C=O) groups is 3. The van der Waals surface area contributed by atoms with Crippen LogP contribution >= 0.6 is 23.2 Å². The molecule has 210 valence electrons. The molecule has 1 unspecified atom stereocenters. The van der Waals surface area contributed by atoms with Crippen molar-refractivity contribution in [2.75, 3.05) is 13.2 Å². The minimum absolute atomic E-state index is 0.0409. The SMILES string of the molecule is CCOC(=O)C1=C(C)NC2=C(C(=O)CC(C)(C)C2)C1c1ccccc1OCC(=O)NN=Cc1ccc(Cl)cc1Cl.